The summed E-state index contributed by atoms with van der Waals surface area (Å²) in [6.45, 7) is 1.16. The highest BCUT2D eigenvalue weighted by Gasteiger charge is 2.29. The van der Waals surface area contributed by atoms with Gasteiger partial charge in [0.05, 0.1) is 25.4 Å². The lowest BCUT2D eigenvalue weighted by atomic mass is 10.0. The molecule has 0 aromatic heterocycles. The summed E-state index contributed by atoms with van der Waals surface area (Å²) >= 11 is 0. The van der Waals surface area contributed by atoms with E-state index in [1.165, 1.54) is 64.2 Å². The maximum Gasteiger partial charge on any atom is 0.109 e. The fourth-order valence-corrected chi connectivity index (χ4v) is 4.26. The predicted octanol–water partition coefficient (Wildman–Crippen LogP) is 0.920. The molecule has 0 aromatic rings. The van der Waals surface area contributed by atoms with Crippen LogP contribution in [-0.2, 0) is 0 Å². The molecule has 0 heterocycles. The minimum absolute atomic E-state index is 0.0876. The first kappa shape index (κ1) is 34.6. The first-order valence-electron chi connectivity index (χ1n) is 13.8. The molecule has 0 saturated carbocycles. The average molecular weight is 510 g/mol. The molecule has 0 rings (SSSR count). The van der Waals surface area contributed by atoms with Crippen LogP contribution >= 0.6 is 0 Å². The minimum atomic E-state index is -1.55. The van der Waals surface area contributed by atoms with Crippen LogP contribution in [0.2, 0.25) is 0 Å². The number of aliphatic hydroxyl groups excluding tert-OH is 8. The van der Waals surface area contributed by atoms with E-state index in [2.05, 4.69) is 6.92 Å². The third kappa shape index (κ3) is 17.7. The van der Waals surface area contributed by atoms with Gasteiger partial charge in [0, 0.05) is 13.1 Å². The predicted molar refractivity (Wildman–Crippen MR) is 137 cm³/mol. The molecule has 6 atom stereocenters. The average Bonchev–Trinajstić information content (AvgIpc) is 2.86. The van der Waals surface area contributed by atoms with E-state index in [1.807, 2.05) is 0 Å². The highest BCUT2D eigenvalue weighted by molar-refractivity contribution is 4.82. The smallest absolute Gasteiger partial charge is 0.109 e. The molecule has 0 aliphatic carbocycles. The van der Waals surface area contributed by atoms with Crippen LogP contribution < -0.4 is 0 Å². The Kier molecular flexibility index (Phi) is 22.6. The third-order valence-electron chi connectivity index (χ3n) is 6.67. The molecule has 0 saturated heterocycles. The highest BCUT2D eigenvalue weighted by Crippen LogP contribution is 2.14. The van der Waals surface area contributed by atoms with Crippen LogP contribution in [0.5, 0.6) is 0 Å². The van der Waals surface area contributed by atoms with Crippen LogP contribution in [0.3, 0.4) is 0 Å². The molecule has 9 nitrogen and oxygen atoms in total. The van der Waals surface area contributed by atoms with Gasteiger partial charge in [0.2, 0.25) is 0 Å². The van der Waals surface area contributed by atoms with Gasteiger partial charge < -0.3 is 40.9 Å². The van der Waals surface area contributed by atoms with E-state index in [0.717, 1.165) is 25.7 Å². The zero-order chi connectivity index (χ0) is 26.5. The molecule has 0 aromatic carbocycles. The highest BCUT2D eigenvalue weighted by atomic mass is 16.4. The summed E-state index contributed by atoms with van der Waals surface area (Å²) in [4.78, 5) is 1.65. The van der Waals surface area contributed by atoms with E-state index in [-0.39, 0.29) is 13.1 Å². The molecular weight excluding hydrogens is 454 g/mol. The van der Waals surface area contributed by atoms with Crippen molar-refractivity contribution in [1.82, 2.24) is 4.90 Å². The third-order valence-corrected chi connectivity index (χ3v) is 6.67. The number of hydrogen-bond donors (Lipinski definition) is 8. The number of unbranched alkanes of at least 4 members (excludes halogenated alkanes) is 13. The Morgan fingerprint density at radius 3 is 1.09 bits per heavy atom. The van der Waals surface area contributed by atoms with Crippen LogP contribution in [0.4, 0.5) is 0 Å². The van der Waals surface area contributed by atoms with Gasteiger partial charge >= 0.3 is 0 Å². The van der Waals surface area contributed by atoms with Crippen LogP contribution in [0.1, 0.15) is 96.8 Å². The van der Waals surface area contributed by atoms with Crippen molar-refractivity contribution in [1.29, 1.82) is 0 Å². The Hall–Kier alpha value is -0.360. The molecule has 0 bridgehead atoms. The van der Waals surface area contributed by atoms with Gasteiger partial charge in [-0.2, -0.15) is 0 Å². The maximum atomic E-state index is 10.2. The first-order valence-corrected chi connectivity index (χ1v) is 13.8. The van der Waals surface area contributed by atoms with E-state index in [4.69, 9.17) is 10.2 Å². The summed E-state index contributed by atoms with van der Waals surface area (Å²) in [5.74, 6) is 0. The topological polar surface area (TPSA) is 165 Å². The normalized spacial score (nSPS) is 17.3. The van der Waals surface area contributed by atoms with Gasteiger partial charge in [0.1, 0.15) is 24.4 Å². The fraction of sp³-hybridized carbons (Fsp3) is 1.00. The first-order chi connectivity index (χ1) is 16.8. The van der Waals surface area contributed by atoms with Crippen molar-refractivity contribution in [3.05, 3.63) is 0 Å². The zero-order valence-electron chi connectivity index (χ0n) is 21.9. The molecule has 35 heavy (non-hydrogen) atoms. The second-order valence-corrected chi connectivity index (χ2v) is 9.97. The molecule has 0 unspecified atom stereocenters. The second-order valence-electron chi connectivity index (χ2n) is 9.97. The van der Waals surface area contributed by atoms with E-state index in [0.29, 0.717) is 6.54 Å². The van der Waals surface area contributed by atoms with Crippen molar-refractivity contribution in [2.45, 2.75) is 133 Å². The standard InChI is InChI=1S/C26H55NO8/c1-2-3-4-5-6-7-8-9-10-11-12-13-14-15-16-27(17-21(30)25(34)23(32)19-28)18-22(31)26(35)24(33)20-29/h21-26,28-35H,2-20H2,1H3/t21-,22-,23-,24-,25-,26-/m1/s1. The lowest BCUT2D eigenvalue weighted by Gasteiger charge is -2.32. The monoisotopic (exact) mass is 509 g/mol. The van der Waals surface area contributed by atoms with Crippen LogP contribution in [0.15, 0.2) is 0 Å². The zero-order valence-corrected chi connectivity index (χ0v) is 21.9. The second kappa shape index (κ2) is 22.8. The number of rotatable bonds is 25. The number of nitrogens with zero attached hydrogens (tertiary/aromatic N) is 1. The van der Waals surface area contributed by atoms with Crippen molar-refractivity contribution in [2.75, 3.05) is 32.8 Å². The molecule has 0 radical (unpaired) electrons. The Bertz CT molecular complexity index is 435. The Labute approximate surface area is 212 Å². The molecular formula is C26H55NO8. The van der Waals surface area contributed by atoms with Crippen molar-refractivity contribution in [3.8, 4) is 0 Å². The van der Waals surface area contributed by atoms with Gasteiger partial charge in [-0.15, -0.1) is 0 Å². The largest absolute Gasteiger partial charge is 0.394 e. The van der Waals surface area contributed by atoms with E-state index in [1.54, 1.807) is 4.90 Å². The van der Waals surface area contributed by atoms with Crippen LogP contribution in [-0.4, -0.2) is 115 Å². The van der Waals surface area contributed by atoms with Crippen LogP contribution in [0.25, 0.3) is 0 Å². The van der Waals surface area contributed by atoms with Crippen molar-refractivity contribution in [3.63, 3.8) is 0 Å². The van der Waals surface area contributed by atoms with Gasteiger partial charge in [0.15, 0.2) is 0 Å². The van der Waals surface area contributed by atoms with Crippen molar-refractivity contribution >= 4 is 0 Å². The summed E-state index contributed by atoms with van der Waals surface area (Å²) in [5.41, 5.74) is 0. The fourth-order valence-electron chi connectivity index (χ4n) is 4.26. The summed E-state index contributed by atoms with van der Waals surface area (Å²) in [6, 6.07) is 0. The summed E-state index contributed by atoms with van der Waals surface area (Å²) in [5, 5.41) is 77.4. The summed E-state index contributed by atoms with van der Waals surface area (Å²) in [6.07, 6.45) is 8.32. The number of hydrogen-bond acceptors (Lipinski definition) is 9. The minimum Gasteiger partial charge on any atom is -0.394 e. The summed E-state index contributed by atoms with van der Waals surface area (Å²) < 4.78 is 0. The summed E-state index contributed by atoms with van der Waals surface area (Å²) in [7, 11) is 0. The van der Waals surface area contributed by atoms with Gasteiger partial charge in [-0.05, 0) is 13.0 Å². The maximum absolute atomic E-state index is 10.2. The molecule has 0 aliphatic rings. The molecule has 8 N–H and O–H groups in total. The molecule has 212 valence electrons. The lowest BCUT2D eigenvalue weighted by molar-refractivity contribution is -0.100. The van der Waals surface area contributed by atoms with E-state index >= 15 is 0 Å². The SMILES string of the molecule is CCCCCCCCCCCCCCCCN(C[C@@H](O)[C@@H](O)[C@H](O)CO)C[C@@H](O)[C@@H](O)[C@H](O)CO. The van der Waals surface area contributed by atoms with Gasteiger partial charge in [-0.1, -0.05) is 90.4 Å². The Balaban J connectivity index is 4.24. The van der Waals surface area contributed by atoms with Crippen molar-refractivity contribution in [2.24, 2.45) is 0 Å². The molecule has 9 heteroatoms. The Morgan fingerprint density at radius 2 is 0.771 bits per heavy atom. The number of aliphatic hydroxyl groups is 8. The molecule has 0 aliphatic heterocycles. The lowest BCUT2D eigenvalue weighted by Crippen LogP contribution is -2.50. The van der Waals surface area contributed by atoms with Gasteiger partial charge in [-0.3, -0.25) is 4.90 Å². The quantitative estimate of drug-likeness (QED) is 0.0835. The molecule has 0 amide bonds. The molecule has 0 fully saturated rings. The van der Waals surface area contributed by atoms with E-state index in [9.17, 15) is 30.6 Å². The molecule has 0 spiro atoms. The van der Waals surface area contributed by atoms with Crippen LogP contribution in [0, 0.1) is 0 Å². The van der Waals surface area contributed by atoms with Gasteiger partial charge in [-0.25, -0.2) is 0 Å². The van der Waals surface area contributed by atoms with Gasteiger partial charge in [0.25, 0.3) is 0 Å². The van der Waals surface area contributed by atoms with E-state index < -0.39 is 49.8 Å². The Morgan fingerprint density at radius 1 is 0.457 bits per heavy atom. The van der Waals surface area contributed by atoms with Crippen molar-refractivity contribution < 1.29 is 40.9 Å².